The van der Waals surface area contributed by atoms with E-state index in [0.29, 0.717) is 5.57 Å². The van der Waals surface area contributed by atoms with Crippen LogP contribution >= 0.6 is 0 Å². The van der Waals surface area contributed by atoms with Crippen LogP contribution in [0, 0.1) is 0 Å². The van der Waals surface area contributed by atoms with Gasteiger partial charge in [0.2, 0.25) is 0 Å². The molecule has 6 heteroatoms. The highest BCUT2D eigenvalue weighted by atomic mass is 16.6. The first-order chi connectivity index (χ1) is 7.95. The van der Waals surface area contributed by atoms with E-state index in [-0.39, 0.29) is 19.3 Å². The fourth-order valence-electron chi connectivity index (χ4n) is 0.858. The van der Waals surface area contributed by atoms with Gasteiger partial charge in [0, 0.05) is 6.04 Å². The maximum absolute atomic E-state index is 11.2. The Morgan fingerprint density at radius 2 is 2.06 bits per heavy atom. The number of primary amides is 1. The quantitative estimate of drug-likeness (QED) is 0.687. The molecular weight excluding hydrogens is 224 g/mol. The van der Waals surface area contributed by atoms with E-state index in [4.69, 9.17) is 10.5 Å². The monoisotopic (exact) mass is 242 g/mol. The Balaban J connectivity index is 4.00. The number of hydrogen-bond donors (Lipinski definition) is 2. The number of nitrogens with two attached hydrogens (primary N) is 1. The molecule has 0 radical (unpaired) electrons. The summed E-state index contributed by atoms with van der Waals surface area (Å²) in [5.74, 6) is 0. The van der Waals surface area contributed by atoms with E-state index in [1.165, 1.54) is 6.08 Å². The topological polar surface area (TPSA) is 90.7 Å². The molecule has 0 bridgehead atoms. The Morgan fingerprint density at radius 3 is 2.53 bits per heavy atom. The Morgan fingerprint density at radius 1 is 1.41 bits per heavy atom. The van der Waals surface area contributed by atoms with Crippen LogP contribution in [0.1, 0.15) is 13.8 Å². The molecule has 0 aromatic carbocycles. The second-order valence-corrected chi connectivity index (χ2v) is 3.49. The Bertz CT molecular complexity index is 311. The number of alkyl carbamates (subject to hydrolysis) is 1. The molecule has 0 aliphatic rings. The molecule has 0 atom stereocenters. The van der Waals surface area contributed by atoms with Crippen LogP contribution in [-0.4, -0.2) is 31.4 Å². The fraction of sp³-hybridized carbons (Fsp3) is 0.455. The molecule has 96 valence electrons. The molecule has 0 spiro atoms. The lowest BCUT2D eigenvalue weighted by Gasteiger charge is -2.09. The lowest BCUT2D eigenvalue weighted by atomic mass is 10.2. The molecule has 2 amide bonds. The Labute approximate surface area is 100 Å². The summed E-state index contributed by atoms with van der Waals surface area (Å²) in [5, 5.41) is 2.57. The third-order valence-electron chi connectivity index (χ3n) is 1.61. The number of nitrogens with one attached hydrogen (secondary N) is 1. The van der Waals surface area contributed by atoms with E-state index in [1.807, 2.05) is 13.8 Å². The maximum atomic E-state index is 11.2. The molecule has 0 fully saturated rings. The first kappa shape index (κ1) is 15.0. The number of hydrogen-bond acceptors (Lipinski definition) is 4. The molecular formula is C11H18N2O4. The maximum Gasteiger partial charge on any atom is 0.407 e. The molecule has 0 aliphatic heterocycles. The first-order valence-corrected chi connectivity index (χ1v) is 5.12. The molecule has 6 nitrogen and oxygen atoms in total. The van der Waals surface area contributed by atoms with E-state index in [0.717, 1.165) is 0 Å². The second kappa shape index (κ2) is 8.20. The van der Waals surface area contributed by atoms with Gasteiger partial charge in [0.1, 0.15) is 13.2 Å². The van der Waals surface area contributed by atoms with Gasteiger partial charge in [0.15, 0.2) is 0 Å². The summed E-state index contributed by atoms with van der Waals surface area (Å²) in [6.45, 7) is 7.28. The summed E-state index contributed by atoms with van der Waals surface area (Å²) >= 11 is 0. The molecule has 0 aliphatic carbocycles. The lowest BCUT2D eigenvalue weighted by molar-refractivity contribution is 0.152. The summed E-state index contributed by atoms with van der Waals surface area (Å²) in [4.78, 5) is 21.5. The zero-order valence-electron chi connectivity index (χ0n) is 10.1. The average Bonchev–Trinajstić information content (AvgIpc) is 2.21. The van der Waals surface area contributed by atoms with Crippen molar-refractivity contribution in [1.29, 1.82) is 0 Å². The van der Waals surface area contributed by atoms with Crippen LogP contribution in [0.3, 0.4) is 0 Å². The standard InChI is InChI=1S/C11H18N2O4/c1-4-9(5-6-16-10(12)14)7-17-11(15)13-8(2)3/h4-5,8H,1,6-7H2,2-3H3,(H2,12,14)(H,13,15)/b9-5-. The Kier molecular flexibility index (Phi) is 7.25. The normalized spacial score (nSPS) is 10.9. The molecule has 3 N–H and O–H groups in total. The number of carbonyl (C=O) groups excluding carboxylic acids is 2. The third-order valence-corrected chi connectivity index (χ3v) is 1.61. The minimum atomic E-state index is -0.858. The molecule has 0 aromatic heterocycles. The number of amides is 2. The van der Waals surface area contributed by atoms with Gasteiger partial charge in [-0.25, -0.2) is 9.59 Å². The molecule has 0 saturated heterocycles. The van der Waals surface area contributed by atoms with Gasteiger partial charge in [-0.2, -0.15) is 0 Å². The van der Waals surface area contributed by atoms with Crippen LogP contribution in [0.5, 0.6) is 0 Å². The van der Waals surface area contributed by atoms with Gasteiger partial charge in [0.25, 0.3) is 0 Å². The highest BCUT2D eigenvalue weighted by Gasteiger charge is 2.04. The van der Waals surface area contributed by atoms with Crippen LogP contribution in [0.4, 0.5) is 9.59 Å². The molecule has 0 heterocycles. The van der Waals surface area contributed by atoms with Gasteiger partial charge in [0.05, 0.1) is 0 Å². The average molecular weight is 242 g/mol. The van der Waals surface area contributed by atoms with Crippen molar-refractivity contribution in [2.24, 2.45) is 5.73 Å². The molecule has 0 aromatic rings. The van der Waals surface area contributed by atoms with Gasteiger partial charge in [-0.05, 0) is 25.5 Å². The Hall–Kier alpha value is -1.98. The van der Waals surface area contributed by atoms with E-state index in [2.05, 4.69) is 16.6 Å². The highest BCUT2D eigenvalue weighted by Crippen LogP contribution is 1.98. The smallest absolute Gasteiger partial charge is 0.407 e. The van der Waals surface area contributed by atoms with Crippen LogP contribution in [0.25, 0.3) is 0 Å². The zero-order valence-corrected chi connectivity index (χ0v) is 10.1. The van der Waals surface area contributed by atoms with Gasteiger partial charge < -0.3 is 20.5 Å². The van der Waals surface area contributed by atoms with Crippen molar-refractivity contribution < 1.29 is 19.1 Å². The third kappa shape index (κ3) is 8.98. The van der Waals surface area contributed by atoms with E-state index < -0.39 is 12.2 Å². The SMILES string of the molecule is C=C/C(=C/COC(N)=O)COC(=O)NC(C)C. The van der Waals surface area contributed by atoms with Crippen LogP contribution < -0.4 is 11.1 Å². The summed E-state index contributed by atoms with van der Waals surface area (Å²) in [6, 6.07) is 0.0110. The van der Waals surface area contributed by atoms with Crippen molar-refractivity contribution in [3.8, 4) is 0 Å². The summed E-state index contributed by atoms with van der Waals surface area (Å²) in [7, 11) is 0. The van der Waals surface area contributed by atoms with Gasteiger partial charge in [-0.1, -0.05) is 12.7 Å². The van der Waals surface area contributed by atoms with Crippen molar-refractivity contribution >= 4 is 12.2 Å². The van der Waals surface area contributed by atoms with Gasteiger partial charge >= 0.3 is 12.2 Å². The van der Waals surface area contributed by atoms with Crippen LogP contribution in [-0.2, 0) is 9.47 Å². The summed E-state index contributed by atoms with van der Waals surface area (Å²) in [6.07, 6.45) is 1.69. The molecule has 17 heavy (non-hydrogen) atoms. The van der Waals surface area contributed by atoms with Crippen LogP contribution in [0.15, 0.2) is 24.3 Å². The molecule has 0 rings (SSSR count). The number of rotatable bonds is 6. The number of carbonyl (C=O) groups is 2. The second-order valence-electron chi connectivity index (χ2n) is 3.49. The molecule has 0 unspecified atom stereocenters. The molecule has 0 saturated carbocycles. The van der Waals surface area contributed by atoms with Gasteiger partial charge in [-0.3, -0.25) is 0 Å². The van der Waals surface area contributed by atoms with Crippen molar-refractivity contribution in [2.75, 3.05) is 13.2 Å². The first-order valence-electron chi connectivity index (χ1n) is 5.12. The fourth-order valence-corrected chi connectivity index (χ4v) is 0.858. The van der Waals surface area contributed by atoms with Crippen molar-refractivity contribution in [1.82, 2.24) is 5.32 Å². The predicted octanol–water partition coefficient (Wildman–Crippen LogP) is 1.33. The highest BCUT2D eigenvalue weighted by molar-refractivity contribution is 5.67. The van der Waals surface area contributed by atoms with Crippen molar-refractivity contribution in [3.63, 3.8) is 0 Å². The van der Waals surface area contributed by atoms with Crippen molar-refractivity contribution in [2.45, 2.75) is 19.9 Å². The summed E-state index contributed by atoms with van der Waals surface area (Å²) < 4.78 is 9.41. The van der Waals surface area contributed by atoms with E-state index >= 15 is 0 Å². The van der Waals surface area contributed by atoms with Crippen LogP contribution in [0.2, 0.25) is 0 Å². The zero-order chi connectivity index (χ0) is 13.3. The largest absolute Gasteiger partial charge is 0.445 e. The van der Waals surface area contributed by atoms with E-state index in [1.54, 1.807) is 6.08 Å². The van der Waals surface area contributed by atoms with Crippen molar-refractivity contribution in [3.05, 3.63) is 24.3 Å². The minimum Gasteiger partial charge on any atom is -0.445 e. The minimum absolute atomic E-state index is 0.0110. The number of ether oxygens (including phenoxy) is 2. The predicted molar refractivity (Wildman–Crippen MR) is 63.4 cm³/mol. The summed E-state index contributed by atoms with van der Waals surface area (Å²) in [5.41, 5.74) is 5.42. The lowest BCUT2D eigenvalue weighted by Crippen LogP contribution is -2.31. The van der Waals surface area contributed by atoms with E-state index in [9.17, 15) is 9.59 Å². The van der Waals surface area contributed by atoms with Gasteiger partial charge in [-0.15, -0.1) is 0 Å².